The van der Waals surface area contributed by atoms with E-state index >= 15 is 0 Å². The van der Waals surface area contributed by atoms with E-state index in [0.29, 0.717) is 17.1 Å². The van der Waals surface area contributed by atoms with Gasteiger partial charge < -0.3 is 4.90 Å². The highest BCUT2D eigenvalue weighted by Crippen LogP contribution is 2.19. The van der Waals surface area contributed by atoms with Gasteiger partial charge in [0.2, 0.25) is 0 Å². The summed E-state index contributed by atoms with van der Waals surface area (Å²) in [5, 5.41) is 0.837. The van der Waals surface area contributed by atoms with E-state index in [0.717, 1.165) is 5.03 Å². The standard InChI is InChI=1S/C10H16N2O2S2/c1-12(2)7-8-9(16(4,13)14)5-6-10(11-8)15-3/h5-6H,7H2,1-4H3. The van der Waals surface area contributed by atoms with E-state index in [1.54, 1.807) is 12.1 Å². The largest absolute Gasteiger partial charge is 0.304 e. The first-order valence-electron chi connectivity index (χ1n) is 4.73. The molecule has 0 saturated carbocycles. The molecule has 6 heteroatoms. The fourth-order valence-corrected chi connectivity index (χ4v) is 2.59. The van der Waals surface area contributed by atoms with Crippen molar-refractivity contribution in [1.82, 2.24) is 9.88 Å². The number of nitrogens with zero attached hydrogens (tertiary/aromatic N) is 2. The number of pyridine rings is 1. The van der Waals surface area contributed by atoms with Crippen LogP contribution >= 0.6 is 11.8 Å². The Bertz CT molecular complexity index is 470. The summed E-state index contributed by atoms with van der Waals surface area (Å²) >= 11 is 1.50. The maximum Gasteiger partial charge on any atom is 0.177 e. The average Bonchev–Trinajstić information content (AvgIpc) is 2.14. The SMILES string of the molecule is CSc1ccc(S(C)(=O)=O)c(CN(C)C)n1. The first-order valence-corrected chi connectivity index (χ1v) is 7.85. The van der Waals surface area contributed by atoms with Gasteiger partial charge in [-0.05, 0) is 32.5 Å². The normalized spacial score (nSPS) is 12.1. The molecular weight excluding hydrogens is 244 g/mol. The summed E-state index contributed by atoms with van der Waals surface area (Å²) in [6.07, 6.45) is 3.13. The van der Waals surface area contributed by atoms with E-state index in [-0.39, 0.29) is 0 Å². The van der Waals surface area contributed by atoms with Crippen LogP contribution in [0.1, 0.15) is 5.69 Å². The number of hydrogen-bond donors (Lipinski definition) is 0. The Kier molecular flexibility index (Phi) is 4.35. The molecule has 0 saturated heterocycles. The van der Waals surface area contributed by atoms with E-state index in [1.807, 2.05) is 25.3 Å². The Morgan fingerprint density at radius 2 is 2.00 bits per heavy atom. The van der Waals surface area contributed by atoms with E-state index in [9.17, 15) is 8.42 Å². The predicted molar refractivity (Wildman–Crippen MR) is 66.5 cm³/mol. The van der Waals surface area contributed by atoms with Gasteiger partial charge in [-0.2, -0.15) is 0 Å². The minimum Gasteiger partial charge on any atom is -0.304 e. The molecule has 0 N–H and O–H groups in total. The van der Waals surface area contributed by atoms with Crippen molar-refractivity contribution >= 4 is 21.6 Å². The molecule has 0 aliphatic heterocycles. The van der Waals surface area contributed by atoms with E-state index in [1.165, 1.54) is 18.0 Å². The molecule has 4 nitrogen and oxygen atoms in total. The summed E-state index contributed by atoms with van der Waals surface area (Å²) in [5.41, 5.74) is 0.611. The van der Waals surface area contributed by atoms with Gasteiger partial charge in [-0.1, -0.05) is 0 Å². The molecular formula is C10H16N2O2S2. The topological polar surface area (TPSA) is 50.3 Å². The summed E-state index contributed by atoms with van der Waals surface area (Å²) in [7, 11) is 0.574. The van der Waals surface area contributed by atoms with Gasteiger partial charge in [0, 0.05) is 12.8 Å². The fraction of sp³-hybridized carbons (Fsp3) is 0.500. The fourth-order valence-electron chi connectivity index (χ4n) is 1.33. The highest BCUT2D eigenvalue weighted by molar-refractivity contribution is 7.98. The summed E-state index contributed by atoms with van der Waals surface area (Å²) in [4.78, 5) is 6.56. The average molecular weight is 260 g/mol. The van der Waals surface area contributed by atoms with Crippen LogP contribution < -0.4 is 0 Å². The van der Waals surface area contributed by atoms with Crippen molar-refractivity contribution in [1.29, 1.82) is 0 Å². The quantitative estimate of drug-likeness (QED) is 0.763. The zero-order valence-electron chi connectivity index (χ0n) is 9.89. The van der Waals surface area contributed by atoms with E-state index in [4.69, 9.17) is 0 Å². The first-order chi connectivity index (χ1) is 7.34. The van der Waals surface area contributed by atoms with Crippen molar-refractivity contribution in [2.75, 3.05) is 26.6 Å². The monoisotopic (exact) mass is 260 g/mol. The van der Waals surface area contributed by atoms with E-state index < -0.39 is 9.84 Å². The minimum absolute atomic E-state index is 0.319. The Morgan fingerprint density at radius 3 is 2.44 bits per heavy atom. The molecule has 0 aromatic carbocycles. The first kappa shape index (κ1) is 13.5. The Labute approximate surface area is 101 Å². The third kappa shape index (κ3) is 3.47. The molecule has 1 aromatic heterocycles. The van der Waals surface area contributed by atoms with Crippen molar-refractivity contribution in [2.24, 2.45) is 0 Å². The molecule has 90 valence electrons. The molecule has 16 heavy (non-hydrogen) atoms. The van der Waals surface area contributed by atoms with Gasteiger partial charge in [0.25, 0.3) is 0 Å². The second-order valence-corrected chi connectivity index (χ2v) is 6.62. The van der Waals surface area contributed by atoms with Gasteiger partial charge in [-0.3, -0.25) is 0 Å². The molecule has 1 rings (SSSR count). The van der Waals surface area contributed by atoms with E-state index in [2.05, 4.69) is 4.98 Å². The molecule has 0 aliphatic rings. The molecule has 0 radical (unpaired) electrons. The van der Waals surface area contributed by atoms with Gasteiger partial charge in [-0.25, -0.2) is 13.4 Å². The minimum atomic E-state index is -3.20. The Hall–Kier alpha value is -0.590. The molecule has 0 fully saturated rings. The van der Waals surface area contributed by atoms with Crippen molar-refractivity contribution in [3.05, 3.63) is 17.8 Å². The molecule has 0 aliphatic carbocycles. The van der Waals surface area contributed by atoms with Crippen molar-refractivity contribution in [3.8, 4) is 0 Å². The lowest BCUT2D eigenvalue weighted by molar-refractivity contribution is 0.391. The Morgan fingerprint density at radius 1 is 1.38 bits per heavy atom. The molecule has 0 bridgehead atoms. The molecule has 0 amide bonds. The molecule has 0 spiro atoms. The number of aromatic nitrogens is 1. The van der Waals surface area contributed by atoms with Crippen LogP contribution in [0.25, 0.3) is 0 Å². The summed E-state index contributed by atoms with van der Waals surface area (Å²) in [5.74, 6) is 0. The van der Waals surface area contributed by atoms with Crippen LogP contribution in [0.15, 0.2) is 22.1 Å². The van der Waals surface area contributed by atoms with Gasteiger partial charge in [0.05, 0.1) is 15.6 Å². The lowest BCUT2D eigenvalue weighted by Gasteiger charge is -2.13. The van der Waals surface area contributed by atoms with Crippen molar-refractivity contribution in [2.45, 2.75) is 16.5 Å². The summed E-state index contributed by atoms with van der Waals surface area (Å²) in [6.45, 7) is 0.525. The molecule has 0 atom stereocenters. The lowest BCUT2D eigenvalue weighted by atomic mass is 10.3. The summed E-state index contributed by atoms with van der Waals surface area (Å²) in [6, 6.07) is 3.37. The molecule has 0 unspecified atom stereocenters. The van der Waals surface area contributed by atoms with Crippen LogP contribution in [0.5, 0.6) is 0 Å². The van der Waals surface area contributed by atoms with Crippen LogP contribution in [-0.2, 0) is 16.4 Å². The Balaban J connectivity index is 3.27. The van der Waals surface area contributed by atoms with Crippen LogP contribution in [0.2, 0.25) is 0 Å². The molecule has 1 aromatic rings. The lowest BCUT2D eigenvalue weighted by Crippen LogP contribution is -2.15. The number of thioether (sulfide) groups is 1. The highest BCUT2D eigenvalue weighted by atomic mass is 32.2. The van der Waals surface area contributed by atoms with Crippen LogP contribution in [0, 0.1) is 0 Å². The van der Waals surface area contributed by atoms with Gasteiger partial charge in [0.15, 0.2) is 9.84 Å². The zero-order chi connectivity index (χ0) is 12.3. The second kappa shape index (κ2) is 5.16. The molecule has 1 heterocycles. The maximum absolute atomic E-state index is 11.6. The third-order valence-corrected chi connectivity index (χ3v) is 3.80. The number of hydrogen-bond acceptors (Lipinski definition) is 5. The smallest absolute Gasteiger partial charge is 0.177 e. The van der Waals surface area contributed by atoms with Crippen LogP contribution in [0.3, 0.4) is 0 Å². The third-order valence-electron chi connectivity index (χ3n) is 1.98. The van der Waals surface area contributed by atoms with Crippen molar-refractivity contribution in [3.63, 3.8) is 0 Å². The van der Waals surface area contributed by atoms with Crippen LogP contribution in [-0.4, -0.2) is 44.9 Å². The maximum atomic E-state index is 11.6. The predicted octanol–water partition coefficient (Wildman–Crippen LogP) is 1.27. The number of rotatable bonds is 4. The van der Waals surface area contributed by atoms with Gasteiger partial charge >= 0.3 is 0 Å². The van der Waals surface area contributed by atoms with Crippen LogP contribution in [0.4, 0.5) is 0 Å². The van der Waals surface area contributed by atoms with Gasteiger partial charge in [-0.15, -0.1) is 11.8 Å². The zero-order valence-corrected chi connectivity index (χ0v) is 11.5. The van der Waals surface area contributed by atoms with Gasteiger partial charge in [0.1, 0.15) is 0 Å². The summed E-state index contributed by atoms with van der Waals surface area (Å²) < 4.78 is 23.1. The number of sulfone groups is 1. The van der Waals surface area contributed by atoms with Crippen molar-refractivity contribution < 1.29 is 8.42 Å². The highest BCUT2D eigenvalue weighted by Gasteiger charge is 2.15. The second-order valence-electron chi connectivity index (χ2n) is 3.81.